The second-order valence-corrected chi connectivity index (χ2v) is 6.85. The van der Waals surface area contributed by atoms with Crippen LogP contribution in [0.1, 0.15) is 37.7 Å². The van der Waals surface area contributed by atoms with E-state index in [4.69, 9.17) is 23.2 Å². The Kier molecular flexibility index (Phi) is 5.63. The Bertz CT molecular complexity index is 690. The number of hydrogen-bond donors (Lipinski definition) is 2. The van der Waals surface area contributed by atoms with Crippen molar-refractivity contribution in [3.8, 4) is 0 Å². The highest BCUT2D eigenvalue weighted by atomic mass is 35.5. The van der Waals surface area contributed by atoms with Crippen molar-refractivity contribution in [1.82, 2.24) is 15.1 Å². The van der Waals surface area contributed by atoms with Crippen molar-refractivity contribution in [1.29, 1.82) is 0 Å². The van der Waals surface area contributed by atoms with Crippen LogP contribution < -0.4 is 10.6 Å². The molecule has 128 valence electrons. The monoisotopic (exact) mass is 366 g/mol. The minimum Gasteiger partial charge on any atom is -0.335 e. The number of benzene rings is 1. The molecular weight excluding hydrogens is 347 g/mol. The molecule has 1 aliphatic carbocycles. The van der Waals surface area contributed by atoms with Crippen LogP contribution in [0.4, 0.5) is 10.6 Å². The Labute approximate surface area is 151 Å². The summed E-state index contributed by atoms with van der Waals surface area (Å²) in [5.41, 5.74) is 0.808. The number of halogens is 2. The lowest BCUT2D eigenvalue weighted by molar-refractivity contribution is 0.244. The molecule has 1 heterocycles. The molecule has 2 amide bonds. The zero-order chi connectivity index (χ0) is 16.9. The molecule has 0 atom stereocenters. The summed E-state index contributed by atoms with van der Waals surface area (Å²) in [6, 6.07) is 7.21. The van der Waals surface area contributed by atoms with Crippen LogP contribution in [0.5, 0.6) is 0 Å². The van der Waals surface area contributed by atoms with Gasteiger partial charge in [0.1, 0.15) is 0 Å². The highest BCUT2D eigenvalue weighted by molar-refractivity contribution is 6.35. The van der Waals surface area contributed by atoms with Crippen LogP contribution in [-0.4, -0.2) is 21.9 Å². The molecule has 0 saturated heterocycles. The predicted octanol–water partition coefficient (Wildman–Crippen LogP) is 4.69. The summed E-state index contributed by atoms with van der Waals surface area (Å²) in [7, 11) is 0. The fourth-order valence-electron chi connectivity index (χ4n) is 2.95. The van der Waals surface area contributed by atoms with Gasteiger partial charge in [-0.25, -0.2) is 4.79 Å². The Morgan fingerprint density at radius 1 is 1.17 bits per heavy atom. The Hall–Kier alpha value is -1.72. The molecule has 1 aliphatic rings. The van der Waals surface area contributed by atoms with Gasteiger partial charge >= 0.3 is 6.03 Å². The lowest BCUT2D eigenvalue weighted by Gasteiger charge is -2.22. The topological polar surface area (TPSA) is 59.0 Å². The quantitative estimate of drug-likeness (QED) is 0.824. The zero-order valence-corrected chi connectivity index (χ0v) is 14.8. The van der Waals surface area contributed by atoms with Gasteiger partial charge in [0.2, 0.25) is 0 Å². The third-order valence-electron chi connectivity index (χ3n) is 4.20. The first-order chi connectivity index (χ1) is 11.6. The summed E-state index contributed by atoms with van der Waals surface area (Å²) in [4.78, 5) is 12.0. The lowest BCUT2D eigenvalue weighted by Crippen LogP contribution is -2.39. The van der Waals surface area contributed by atoms with Gasteiger partial charge in [0.05, 0.1) is 6.54 Å². The van der Waals surface area contributed by atoms with E-state index in [0.717, 1.165) is 18.4 Å². The minimum absolute atomic E-state index is 0.206. The van der Waals surface area contributed by atoms with E-state index in [0.29, 0.717) is 22.4 Å². The third kappa shape index (κ3) is 4.42. The number of amides is 2. The smallest absolute Gasteiger partial charge is 0.320 e. The summed E-state index contributed by atoms with van der Waals surface area (Å²) in [5.74, 6) is 0.506. The normalized spacial score (nSPS) is 15.2. The number of rotatable bonds is 4. The molecule has 1 saturated carbocycles. The van der Waals surface area contributed by atoms with Gasteiger partial charge in [-0.2, -0.15) is 5.10 Å². The maximum absolute atomic E-state index is 12.0. The van der Waals surface area contributed by atoms with Crippen LogP contribution in [0.15, 0.2) is 30.5 Å². The molecule has 1 aromatic heterocycles. The highest BCUT2D eigenvalue weighted by Gasteiger charge is 2.16. The van der Waals surface area contributed by atoms with E-state index >= 15 is 0 Å². The van der Waals surface area contributed by atoms with Crippen LogP contribution in [-0.2, 0) is 6.54 Å². The number of nitrogens with one attached hydrogen (secondary N) is 2. The maximum Gasteiger partial charge on any atom is 0.320 e. The average Bonchev–Trinajstić information content (AvgIpc) is 2.99. The van der Waals surface area contributed by atoms with Crippen LogP contribution >= 0.6 is 23.2 Å². The van der Waals surface area contributed by atoms with Gasteiger partial charge in [-0.15, -0.1) is 0 Å². The Morgan fingerprint density at radius 3 is 2.58 bits per heavy atom. The Balaban J connectivity index is 1.58. The fourth-order valence-corrected chi connectivity index (χ4v) is 3.46. The number of anilines is 1. The first-order valence-electron chi connectivity index (χ1n) is 8.15. The standard InChI is InChI=1S/C17H20Cl2N4O/c18-14-7-4-8-15(19)13(14)11-23-10-9-16(22-23)21-17(24)20-12-5-2-1-3-6-12/h4,7-10,12H,1-3,5-6,11H2,(H2,20,21,22,24). The van der Waals surface area contributed by atoms with Crippen molar-refractivity contribution >= 4 is 35.1 Å². The van der Waals surface area contributed by atoms with Crippen molar-refractivity contribution in [3.05, 3.63) is 46.1 Å². The van der Waals surface area contributed by atoms with Crippen molar-refractivity contribution in [2.45, 2.75) is 44.7 Å². The molecule has 1 fully saturated rings. The number of hydrogen-bond acceptors (Lipinski definition) is 2. The molecule has 0 radical (unpaired) electrons. The molecule has 1 aromatic carbocycles. The molecular formula is C17H20Cl2N4O. The van der Waals surface area contributed by atoms with Gasteiger partial charge in [-0.05, 0) is 25.0 Å². The largest absolute Gasteiger partial charge is 0.335 e. The average molecular weight is 367 g/mol. The predicted molar refractivity (Wildman–Crippen MR) is 96.8 cm³/mol. The maximum atomic E-state index is 12.0. The number of urea groups is 1. The van der Waals surface area contributed by atoms with Crippen LogP contribution in [0.25, 0.3) is 0 Å². The molecule has 5 nitrogen and oxygen atoms in total. The zero-order valence-electron chi connectivity index (χ0n) is 13.3. The van der Waals surface area contributed by atoms with E-state index < -0.39 is 0 Å². The van der Waals surface area contributed by atoms with E-state index in [1.54, 1.807) is 35.1 Å². The van der Waals surface area contributed by atoms with Crippen molar-refractivity contribution in [2.24, 2.45) is 0 Å². The second kappa shape index (κ2) is 7.90. The van der Waals surface area contributed by atoms with Crippen molar-refractivity contribution in [3.63, 3.8) is 0 Å². The van der Waals surface area contributed by atoms with Crippen molar-refractivity contribution in [2.75, 3.05) is 5.32 Å². The van der Waals surface area contributed by atoms with Crippen LogP contribution in [0.2, 0.25) is 10.0 Å². The number of carbonyl (C=O) groups is 1. The number of aromatic nitrogens is 2. The van der Waals surface area contributed by atoms with E-state index in [9.17, 15) is 4.79 Å². The summed E-state index contributed by atoms with van der Waals surface area (Å²) in [6.07, 6.45) is 7.50. The van der Waals surface area contributed by atoms with E-state index in [1.807, 2.05) is 0 Å². The number of nitrogens with zero attached hydrogens (tertiary/aromatic N) is 2. The van der Waals surface area contributed by atoms with E-state index in [-0.39, 0.29) is 12.1 Å². The third-order valence-corrected chi connectivity index (χ3v) is 4.91. The second-order valence-electron chi connectivity index (χ2n) is 6.03. The Morgan fingerprint density at radius 2 is 1.88 bits per heavy atom. The molecule has 2 aromatic rings. The van der Waals surface area contributed by atoms with Gasteiger partial charge in [-0.1, -0.05) is 48.5 Å². The fraction of sp³-hybridized carbons (Fsp3) is 0.412. The molecule has 0 bridgehead atoms. The van der Waals surface area contributed by atoms with Crippen LogP contribution in [0.3, 0.4) is 0 Å². The first-order valence-corrected chi connectivity index (χ1v) is 8.91. The summed E-state index contributed by atoms with van der Waals surface area (Å²) < 4.78 is 1.70. The summed E-state index contributed by atoms with van der Waals surface area (Å²) >= 11 is 12.3. The number of carbonyl (C=O) groups excluding carboxylic acids is 1. The molecule has 2 N–H and O–H groups in total. The highest BCUT2D eigenvalue weighted by Crippen LogP contribution is 2.25. The lowest BCUT2D eigenvalue weighted by atomic mass is 9.96. The van der Waals surface area contributed by atoms with Gasteiger partial charge in [0.25, 0.3) is 0 Å². The molecule has 0 aliphatic heterocycles. The van der Waals surface area contributed by atoms with E-state index in [2.05, 4.69) is 15.7 Å². The van der Waals surface area contributed by atoms with Gasteiger partial charge in [-0.3, -0.25) is 10.00 Å². The molecule has 0 spiro atoms. The summed E-state index contributed by atoms with van der Waals surface area (Å²) in [6.45, 7) is 0.449. The molecule has 24 heavy (non-hydrogen) atoms. The molecule has 3 rings (SSSR count). The van der Waals surface area contributed by atoms with Gasteiger partial charge in [0, 0.05) is 33.9 Å². The van der Waals surface area contributed by atoms with Crippen LogP contribution in [0, 0.1) is 0 Å². The first kappa shape index (κ1) is 17.1. The molecule has 7 heteroatoms. The van der Waals surface area contributed by atoms with Crippen molar-refractivity contribution < 1.29 is 4.79 Å². The van der Waals surface area contributed by atoms with E-state index in [1.165, 1.54) is 19.3 Å². The van der Waals surface area contributed by atoms with Gasteiger partial charge in [0.15, 0.2) is 5.82 Å². The molecule has 0 unspecified atom stereocenters. The van der Waals surface area contributed by atoms with Gasteiger partial charge < -0.3 is 5.32 Å². The minimum atomic E-state index is -0.206. The SMILES string of the molecule is O=C(Nc1ccn(Cc2c(Cl)cccc2Cl)n1)NC1CCCCC1. The summed E-state index contributed by atoms with van der Waals surface area (Å²) in [5, 5.41) is 11.3.